The minimum atomic E-state index is 0.660. The molecule has 0 aliphatic rings. The molecule has 0 unspecified atom stereocenters. The van der Waals surface area contributed by atoms with Crippen LogP contribution >= 0.6 is 15.9 Å². The van der Waals surface area contributed by atoms with Crippen molar-refractivity contribution in [3.05, 3.63) is 108 Å². The van der Waals surface area contributed by atoms with Crippen LogP contribution in [0.2, 0.25) is 0 Å². The van der Waals surface area contributed by atoms with Gasteiger partial charge >= 0.3 is 0 Å². The molecule has 0 saturated carbocycles. The molecule has 3 heterocycles. The Bertz CT molecular complexity index is 1870. The SMILES string of the molecule is Brc1ccc2oc(-c3nnc(-c4ccc5ccccc5c4)c4nn(-c5ccccc5)cc34)cc2c1. The fraction of sp³-hybridized carbons (Fsp3) is 0. The van der Waals surface area contributed by atoms with Gasteiger partial charge in [-0.25, -0.2) is 4.68 Å². The fourth-order valence-electron chi connectivity index (χ4n) is 4.48. The lowest BCUT2D eigenvalue weighted by Gasteiger charge is -2.05. The van der Waals surface area contributed by atoms with Gasteiger partial charge in [-0.2, -0.15) is 5.10 Å². The van der Waals surface area contributed by atoms with Crippen molar-refractivity contribution >= 4 is 48.6 Å². The van der Waals surface area contributed by atoms with Gasteiger partial charge in [-0.15, -0.1) is 10.2 Å². The highest BCUT2D eigenvalue weighted by atomic mass is 79.9. The van der Waals surface area contributed by atoms with Gasteiger partial charge in [0.15, 0.2) is 5.76 Å². The Kier molecular flexibility index (Phi) is 4.53. The van der Waals surface area contributed by atoms with Gasteiger partial charge in [0.25, 0.3) is 0 Å². The van der Waals surface area contributed by atoms with Crippen molar-refractivity contribution in [1.82, 2.24) is 20.0 Å². The smallest absolute Gasteiger partial charge is 0.156 e. The molecule has 0 atom stereocenters. The molecule has 0 radical (unpaired) electrons. The molecule has 0 amide bonds. The van der Waals surface area contributed by atoms with Gasteiger partial charge in [-0.05, 0) is 53.2 Å². The van der Waals surface area contributed by atoms with Crippen molar-refractivity contribution < 1.29 is 4.42 Å². The number of fused-ring (bicyclic) bond motifs is 3. The molecule has 0 bridgehead atoms. The molecule has 4 aromatic carbocycles. The first-order chi connectivity index (χ1) is 17.2. The molecule has 0 spiro atoms. The summed E-state index contributed by atoms with van der Waals surface area (Å²) in [6, 6.07) is 32.6. The molecule has 35 heavy (non-hydrogen) atoms. The van der Waals surface area contributed by atoms with E-state index in [1.807, 2.05) is 77.6 Å². The second-order valence-electron chi connectivity index (χ2n) is 8.42. The summed E-state index contributed by atoms with van der Waals surface area (Å²) in [5.41, 5.74) is 4.91. The Labute approximate surface area is 208 Å². The Balaban J connectivity index is 1.48. The van der Waals surface area contributed by atoms with Crippen molar-refractivity contribution in [2.75, 3.05) is 0 Å². The van der Waals surface area contributed by atoms with Crippen LogP contribution in [-0.2, 0) is 0 Å². The first-order valence-corrected chi connectivity index (χ1v) is 12.0. The fourth-order valence-corrected chi connectivity index (χ4v) is 4.86. The third-order valence-corrected chi connectivity index (χ3v) is 6.69. The van der Waals surface area contributed by atoms with E-state index in [4.69, 9.17) is 9.52 Å². The monoisotopic (exact) mass is 516 g/mol. The third kappa shape index (κ3) is 3.42. The third-order valence-electron chi connectivity index (χ3n) is 6.20. The van der Waals surface area contributed by atoms with Crippen LogP contribution in [0.4, 0.5) is 0 Å². The maximum Gasteiger partial charge on any atom is 0.156 e. The predicted octanol–water partition coefficient (Wildman–Crippen LogP) is 7.81. The second-order valence-corrected chi connectivity index (χ2v) is 9.34. The van der Waals surface area contributed by atoms with E-state index in [0.29, 0.717) is 11.5 Å². The van der Waals surface area contributed by atoms with Crippen LogP contribution in [0.1, 0.15) is 0 Å². The second kappa shape index (κ2) is 7.89. The van der Waals surface area contributed by atoms with Gasteiger partial charge in [0.1, 0.15) is 22.5 Å². The average Bonchev–Trinajstić information content (AvgIpc) is 3.53. The normalized spacial score (nSPS) is 11.6. The minimum Gasteiger partial charge on any atom is -0.454 e. The van der Waals surface area contributed by atoms with Gasteiger partial charge in [0, 0.05) is 21.6 Å². The molecule has 0 aliphatic heterocycles. The lowest BCUT2D eigenvalue weighted by Crippen LogP contribution is -1.95. The number of halogens is 1. The number of furan rings is 1. The van der Waals surface area contributed by atoms with E-state index < -0.39 is 0 Å². The molecule has 0 saturated heterocycles. The molecule has 5 nitrogen and oxygen atoms in total. The molecular weight excluding hydrogens is 500 g/mol. The minimum absolute atomic E-state index is 0.660. The van der Waals surface area contributed by atoms with Crippen molar-refractivity contribution in [2.24, 2.45) is 0 Å². The van der Waals surface area contributed by atoms with Crippen molar-refractivity contribution in [3.8, 4) is 28.4 Å². The van der Waals surface area contributed by atoms with Crippen LogP contribution in [-0.4, -0.2) is 20.0 Å². The first kappa shape index (κ1) is 20.1. The van der Waals surface area contributed by atoms with E-state index >= 15 is 0 Å². The highest BCUT2D eigenvalue weighted by Crippen LogP contribution is 2.36. The number of hydrogen-bond acceptors (Lipinski definition) is 4. The summed E-state index contributed by atoms with van der Waals surface area (Å²) in [6.07, 6.45) is 2.00. The van der Waals surface area contributed by atoms with E-state index in [1.165, 1.54) is 5.39 Å². The summed E-state index contributed by atoms with van der Waals surface area (Å²) in [5.74, 6) is 0.660. The zero-order valence-corrected chi connectivity index (χ0v) is 20.0. The van der Waals surface area contributed by atoms with Gasteiger partial charge < -0.3 is 4.42 Å². The Morgan fingerprint density at radius 3 is 2.37 bits per heavy atom. The van der Waals surface area contributed by atoms with E-state index in [9.17, 15) is 0 Å². The molecule has 166 valence electrons. The largest absolute Gasteiger partial charge is 0.454 e. The van der Waals surface area contributed by atoms with E-state index in [1.54, 1.807) is 0 Å². The van der Waals surface area contributed by atoms with Crippen LogP contribution in [0.25, 0.3) is 61.0 Å². The van der Waals surface area contributed by atoms with E-state index in [0.717, 1.165) is 48.7 Å². The van der Waals surface area contributed by atoms with Crippen molar-refractivity contribution in [1.29, 1.82) is 0 Å². The Morgan fingerprint density at radius 1 is 0.686 bits per heavy atom. The number of para-hydroxylation sites is 1. The first-order valence-electron chi connectivity index (χ1n) is 11.2. The topological polar surface area (TPSA) is 56.7 Å². The zero-order valence-electron chi connectivity index (χ0n) is 18.4. The number of rotatable bonds is 3. The standard InChI is InChI=1S/C29H17BrN4O/c30-22-12-13-25-21(15-22)16-26(35-25)28-24-17-34(23-8-2-1-3-9-23)33-29(24)27(31-32-28)20-11-10-18-6-4-5-7-19(18)14-20/h1-17H. The summed E-state index contributed by atoms with van der Waals surface area (Å²) in [4.78, 5) is 0. The Hall–Kier alpha value is -4.29. The maximum atomic E-state index is 6.18. The van der Waals surface area contributed by atoms with Crippen molar-refractivity contribution in [3.63, 3.8) is 0 Å². The highest BCUT2D eigenvalue weighted by molar-refractivity contribution is 9.10. The van der Waals surface area contributed by atoms with E-state index in [-0.39, 0.29) is 0 Å². The van der Waals surface area contributed by atoms with Crippen LogP contribution in [0.5, 0.6) is 0 Å². The van der Waals surface area contributed by atoms with Gasteiger partial charge in [-0.1, -0.05) is 70.5 Å². The van der Waals surface area contributed by atoms with Gasteiger partial charge in [0.2, 0.25) is 0 Å². The lowest BCUT2D eigenvalue weighted by molar-refractivity contribution is 0.628. The number of benzene rings is 4. The molecule has 3 aromatic heterocycles. The number of aromatic nitrogens is 4. The lowest BCUT2D eigenvalue weighted by atomic mass is 10.0. The summed E-state index contributed by atoms with van der Waals surface area (Å²) < 4.78 is 9.05. The van der Waals surface area contributed by atoms with E-state index in [2.05, 4.69) is 56.5 Å². The molecule has 0 fully saturated rings. The zero-order chi connectivity index (χ0) is 23.4. The highest BCUT2D eigenvalue weighted by Gasteiger charge is 2.20. The van der Waals surface area contributed by atoms with Crippen LogP contribution in [0.15, 0.2) is 112 Å². The molecule has 0 aliphatic carbocycles. The number of nitrogens with zero attached hydrogens (tertiary/aromatic N) is 4. The summed E-state index contributed by atoms with van der Waals surface area (Å²) in [6.45, 7) is 0. The quantitative estimate of drug-likeness (QED) is 0.240. The number of hydrogen-bond donors (Lipinski definition) is 0. The average molecular weight is 517 g/mol. The maximum absolute atomic E-state index is 6.18. The van der Waals surface area contributed by atoms with Crippen LogP contribution in [0.3, 0.4) is 0 Å². The summed E-state index contributed by atoms with van der Waals surface area (Å²) >= 11 is 3.54. The predicted molar refractivity (Wildman–Crippen MR) is 143 cm³/mol. The van der Waals surface area contributed by atoms with Crippen molar-refractivity contribution in [2.45, 2.75) is 0 Å². The summed E-state index contributed by atoms with van der Waals surface area (Å²) in [7, 11) is 0. The molecule has 0 N–H and O–H groups in total. The van der Waals surface area contributed by atoms with Gasteiger partial charge in [0.05, 0.1) is 11.1 Å². The Morgan fingerprint density at radius 2 is 1.49 bits per heavy atom. The summed E-state index contributed by atoms with van der Waals surface area (Å²) in [5, 5.41) is 18.5. The molecule has 7 aromatic rings. The van der Waals surface area contributed by atoms with Crippen LogP contribution in [0, 0.1) is 0 Å². The van der Waals surface area contributed by atoms with Gasteiger partial charge in [-0.3, -0.25) is 0 Å². The molecule has 7 rings (SSSR count). The molecular formula is C29H17BrN4O. The van der Waals surface area contributed by atoms with Crippen LogP contribution < -0.4 is 0 Å². The molecule has 6 heteroatoms.